The van der Waals surface area contributed by atoms with Crippen molar-refractivity contribution in [3.63, 3.8) is 0 Å². The Labute approximate surface area is 199 Å². The Kier molecular flexibility index (Phi) is 6.09. The summed E-state index contributed by atoms with van der Waals surface area (Å²) in [7, 11) is 0. The Morgan fingerprint density at radius 2 is 1.82 bits per heavy atom. The topological polar surface area (TPSA) is 86.1 Å². The molecule has 0 radical (unpaired) electrons. The number of benzene rings is 3. The van der Waals surface area contributed by atoms with Crippen molar-refractivity contribution in [3.8, 4) is 22.8 Å². The molecule has 5 rings (SSSR count). The molecule has 2 heterocycles. The number of amides is 1. The lowest BCUT2D eigenvalue weighted by Crippen LogP contribution is -2.19. The maximum absolute atomic E-state index is 14.5. The fourth-order valence-corrected chi connectivity index (χ4v) is 4.42. The van der Waals surface area contributed by atoms with Gasteiger partial charge in [-0.05, 0) is 54.4 Å². The van der Waals surface area contributed by atoms with E-state index in [9.17, 15) is 14.0 Å². The van der Waals surface area contributed by atoms with Crippen molar-refractivity contribution in [2.45, 2.75) is 18.0 Å². The van der Waals surface area contributed by atoms with Crippen molar-refractivity contribution in [3.05, 3.63) is 84.2 Å². The Hall–Kier alpha value is -3.98. The molecule has 0 fully saturated rings. The monoisotopic (exact) mass is 474 g/mol. The van der Waals surface area contributed by atoms with Gasteiger partial charge < -0.3 is 10.1 Å². The predicted molar refractivity (Wildman–Crippen MR) is 127 cm³/mol. The zero-order chi connectivity index (χ0) is 23.5. The van der Waals surface area contributed by atoms with E-state index in [0.29, 0.717) is 35.1 Å². The number of hydrogen-bond acceptors (Lipinski definition) is 6. The van der Waals surface area contributed by atoms with Crippen LogP contribution in [0.4, 0.5) is 10.1 Å². The van der Waals surface area contributed by atoms with Crippen LogP contribution in [0, 0.1) is 5.82 Å². The van der Waals surface area contributed by atoms with Crippen LogP contribution in [0.15, 0.2) is 78.0 Å². The lowest BCUT2D eigenvalue weighted by atomic mass is 10.0. The number of thioether (sulfide) groups is 1. The average molecular weight is 475 g/mol. The Morgan fingerprint density at radius 1 is 1.03 bits per heavy atom. The molecule has 7 nitrogen and oxygen atoms in total. The van der Waals surface area contributed by atoms with Gasteiger partial charge in [0.05, 0.1) is 11.3 Å². The molecule has 170 valence electrons. The molecule has 1 aliphatic rings. The van der Waals surface area contributed by atoms with E-state index in [1.54, 1.807) is 41.0 Å². The van der Waals surface area contributed by atoms with Gasteiger partial charge in [0.25, 0.3) is 0 Å². The average Bonchev–Trinajstić information content (AvgIpc) is 3.27. The number of ether oxygens (including phenoxy) is 1. The molecule has 0 saturated heterocycles. The van der Waals surface area contributed by atoms with Crippen LogP contribution in [-0.2, 0) is 16.0 Å². The molecule has 34 heavy (non-hydrogen) atoms. The van der Waals surface area contributed by atoms with Gasteiger partial charge in [-0.1, -0.05) is 42.1 Å². The summed E-state index contributed by atoms with van der Waals surface area (Å²) < 4.78 is 21.7. The van der Waals surface area contributed by atoms with Crippen LogP contribution in [0.25, 0.3) is 17.1 Å². The molecule has 0 aliphatic carbocycles. The van der Waals surface area contributed by atoms with Crippen LogP contribution in [0.1, 0.15) is 12.0 Å². The van der Waals surface area contributed by atoms with E-state index in [4.69, 9.17) is 4.74 Å². The number of para-hydroxylation sites is 1. The molecule has 1 aromatic heterocycles. The fourth-order valence-electron chi connectivity index (χ4n) is 3.70. The first-order chi connectivity index (χ1) is 16.6. The summed E-state index contributed by atoms with van der Waals surface area (Å²) in [4.78, 5) is 24.1. The van der Waals surface area contributed by atoms with Crippen LogP contribution in [0.5, 0.6) is 5.75 Å². The SMILES string of the molecule is O=C1CCc2cc(OC(=O)CSc3nnc(-c4ccccc4F)n3-c3ccccc3)ccc2N1. The van der Waals surface area contributed by atoms with E-state index < -0.39 is 11.8 Å². The third-order valence-corrected chi connectivity index (χ3v) is 6.19. The molecule has 4 aromatic rings. The Bertz CT molecular complexity index is 1370. The largest absolute Gasteiger partial charge is 0.426 e. The van der Waals surface area contributed by atoms with Gasteiger partial charge >= 0.3 is 5.97 Å². The van der Waals surface area contributed by atoms with Crippen LogP contribution in [0.2, 0.25) is 0 Å². The molecule has 0 atom stereocenters. The molecule has 1 N–H and O–H groups in total. The summed E-state index contributed by atoms with van der Waals surface area (Å²) in [5.41, 5.74) is 2.73. The first kappa shape index (κ1) is 21.8. The molecule has 0 saturated carbocycles. The first-order valence-corrected chi connectivity index (χ1v) is 11.6. The third-order valence-electron chi connectivity index (χ3n) is 5.29. The highest BCUT2D eigenvalue weighted by Crippen LogP contribution is 2.30. The van der Waals surface area contributed by atoms with E-state index in [2.05, 4.69) is 15.5 Å². The second-order valence-corrected chi connectivity index (χ2v) is 8.53. The van der Waals surface area contributed by atoms with Gasteiger partial charge in [0.2, 0.25) is 5.91 Å². The molecule has 1 aliphatic heterocycles. The number of nitrogens with one attached hydrogen (secondary N) is 1. The van der Waals surface area contributed by atoms with Crippen molar-refractivity contribution in [1.82, 2.24) is 14.8 Å². The highest BCUT2D eigenvalue weighted by Gasteiger charge is 2.20. The number of hydrogen-bond donors (Lipinski definition) is 1. The molecule has 0 bridgehead atoms. The van der Waals surface area contributed by atoms with Crippen LogP contribution in [0.3, 0.4) is 0 Å². The zero-order valence-electron chi connectivity index (χ0n) is 17.9. The van der Waals surface area contributed by atoms with Gasteiger partial charge in [0.15, 0.2) is 11.0 Å². The summed E-state index contributed by atoms with van der Waals surface area (Å²) in [5.74, 6) is -0.151. The lowest BCUT2D eigenvalue weighted by Gasteiger charge is -2.17. The minimum atomic E-state index is -0.458. The Morgan fingerprint density at radius 3 is 2.65 bits per heavy atom. The van der Waals surface area contributed by atoms with Crippen LogP contribution < -0.4 is 10.1 Å². The van der Waals surface area contributed by atoms with Gasteiger partial charge in [-0.2, -0.15) is 0 Å². The number of aromatic nitrogens is 3. The molecule has 0 spiro atoms. The normalized spacial score (nSPS) is 12.7. The number of fused-ring (bicyclic) bond motifs is 1. The molecular formula is C25H19FN4O3S. The molecular weight excluding hydrogens is 455 g/mol. The summed E-state index contributed by atoms with van der Waals surface area (Å²) >= 11 is 1.16. The second kappa shape index (κ2) is 9.48. The van der Waals surface area contributed by atoms with E-state index in [-0.39, 0.29) is 11.7 Å². The smallest absolute Gasteiger partial charge is 0.321 e. The standard InChI is InChI=1S/C25H19FN4O3S/c26-20-9-5-4-8-19(20)24-28-29-25(30(24)17-6-2-1-3-7-17)34-15-23(32)33-18-11-12-21-16(14-18)10-13-22(31)27-21/h1-9,11-12,14H,10,13,15H2,(H,27,31). The predicted octanol–water partition coefficient (Wildman–Crippen LogP) is 4.66. The summed E-state index contributed by atoms with van der Waals surface area (Å²) in [6.45, 7) is 0. The van der Waals surface area contributed by atoms with E-state index in [0.717, 1.165) is 28.7 Å². The van der Waals surface area contributed by atoms with Crippen molar-refractivity contribution in [2.75, 3.05) is 11.1 Å². The van der Waals surface area contributed by atoms with Crippen molar-refractivity contribution in [1.29, 1.82) is 0 Å². The van der Waals surface area contributed by atoms with Gasteiger partial charge in [-0.3, -0.25) is 14.2 Å². The molecule has 9 heteroatoms. The van der Waals surface area contributed by atoms with Gasteiger partial charge in [-0.15, -0.1) is 10.2 Å². The van der Waals surface area contributed by atoms with Gasteiger partial charge in [0.1, 0.15) is 11.6 Å². The van der Waals surface area contributed by atoms with Crippen LogP contribution >= 0.6 is 11.8 Å². The van der Waals surface area contributed by atoms with Crippen molar-refractivity contribution < 1.29 is 18.7 Å². The number of anilines is 1. The van der Waals surface area contributed by atoms with E-state index in [1.165, 1.54) is 6.07 Å². The first-order valence-electron chi connectivity index (χ1n) is 10.6. The van der Waals surface area contributed by atoms with Crippen LogP contribution in [-0.4, -0.2) is 32.4 Å². The summed E-state index contributed by atoms with van der Waals surface area (Å²) in [6.07, 6.45) is 1.00. The second-order valence-electron chi connectivity index (χ2n) is 7.59. The van der Waals surface area contributed by atoms with Crippen molar-refractivity contribution in [2.24, 2.45) is 0 Å². The van der Waals surface area contributed by atoms with E-state index >= 15 is 0 Å². The highest BCUT2D eigenvalue weighted by atomic mass is 32.2. The maximum atomic E-state index is 14.5. The minimum Gasteiger partial charge on any atom is -0.426 e. The number of esters is 1. The maximum Gasteiger partial charge on any atom is 0.321 e. The number of rotatable bonds is 6. The number of carbonyl (C=O) groups is 2. The Balaban J connectivity index is 1.35. The molecule has 0 unspecified atom stereocenters. The van der Waals surface area contributed by atoms with E-state index in [1.807, 2.05) is 30.3 Å². The number of carbonyl (C=O) groups excluding carboxylic acids is 2. The minimum absolute atomic E-state index is 0.0178. The summed E-state index contributed by atoms with van der Waals surface area (Å²) in [6, 6.07) is 20.8. The summed E-state index contributed by atoms with van der Waals surface area (Å²) in [5, 5.41) is 11.7. The fraction of sp³-hybridized carbons (Fsp3) is 0.120. The molecule has 3 aromatic carbocycles. The molecule has 1 amide bonds. The number of aryl methyl sites for hydroxylation is 1. The third kappa shape index (κ3) is 4.55. The van der Waals surface area contributed by atoms with Gasteiger partial charge in [-0.25, -0.2) is 4.39 Å². The van der Waals surface area contributed by atoms with Gasteiger partial charge in [0, 0.05) is 17.8 Å². The lowest BCUT2D eigenvalue weighted by molar-refractivity contribution is -0.131. The zero-order valence-corrected chi connectivity index (χ0v) is 18.7. The highest BCUT2D eigenvalue weighted by molar-refractivity contribution is 7.99. The quantitative estimate of drug-likeness (QED) is 0.249. The number of halogens is 1. The van der Waals surface area contributed by atoms with Crippen molar-refractivity contribution >= 4 is 29.3 Å². The number of nitrogens with zero attached hydrogens (tertiary/aromatic N) is 3.